The van der Waals surface area contributed by atoms with Gasteiger partial charge in [0.05, 0.1) is 30.8 Å². The van der Waals surface area contributed by atoms with E-state index in [-0.39, 0.29) is 12.5 Å². The van der Waals surface area contributed by atoms with Crippen LogP contribution in [0.1, 0.15) is 19.3 Å². The van der Waals surface area contributed by atoms with Gasteiger partial charge in [-0.15, -0.1) is 5.16 Å². The molecule has 0 amide bonds. The quantitative estimate of drug-likeness (QED) is 0.331. The molecule has 0 bridgehead atoms. The molecule has 0 heterocycles. The van der Waals surface area contributed by atoms with Crippen molar-refractivity contribution in [2.45, 2.75) is 25.3 Å². The summed E-state index contributed by atoms with van der Waals surface area (Å²) >= 11 is 0. The van der Waals surface area contributed by atoms with Gasteiger partial charge in [0, 0.05) is 0 Å². The second kappa shape index (κ2) is 7.92. The van der Waals surface area contributed by atoms with Crippen LogP contribution in [0, 0.1) is 11.3 Å². The van der Waals surface area contributed by atoms with E-state index >= 15 is 0 Å². The number of aliphatic imine (C=N–C) groups is 3. The Kier molecular flexibility index (Phi) is 6.20. The van der Waals surface area contributed by atoms with Crippen molar-refractivity contribution in [3.8, 4) is 0 Å². The Balaban J connectivity index is 3.00. The second-order valence-corrected chi connectivity index (χ2v) is 4.69. The molecule has 0 radical (unpaired) electrons. The third-order valence-electron chi connectivity index (χ3n) is 3.61. The van der Waals surface area contributed by atoms with Crippen molar-refractivity contribution in [2.24, 2.45) is 31.5 Å². The highest BCUT2D eigenvalue weighted by Gasteiger charge is 2.43. The average molecular weight is 278 g/mol. The van der Waals surface area contributed by atoms with Crippen molar-refractivity contribution in [3.63, 3.8) is 0 Å². The van der Waals surface area contributed by atoms with Gasteiger partial charge in [-0.1, -0.05) is 0 Å². The van der Waals surface area contributed by atoms with Crippen molar-refractivity contribution in [3.05, 3.63) is 0 Å². The van der Waals surface area contributed by atoms with Crippen molar-refractivity contribution >= 4 is 24.5 Å². The molecule has 1 saturated carbocycles. The first-order valence-electron chi connectivity index (χ1n) is 6.05. The smallest absolute Gasteiger partial charge is 0.235 e. The molecule has 1 aliphatic rings. The first-order valence-corrected chi connectivity index (χ1v) is 6.05. The third-order valence-corrected chi connectivity index (χ3v) is 3.61. The van der Waals surface area contributed by atoms with Gasteiger partial charge in [-0.2, -0.15) is 0 Å². The van der Waals surface area contributed by atoms with Crippen molar-refractivity contribution in [2.75, 3.05) is 13.1 Å². The lowest BCUT2D eigenvalue weighted by molar-refractivity contribution is 0.195. The molecule has 1 N–H and O–H groups in total. The van der Waals surface area contributed by atoms with E-state index in [4.69, 9.17) is 5.21 Å². The van der Waals surface area contributed by atoms with Crippen LogP contribution in [0.25, 0.3) is 0 Å². The maximum absolute atomic E-state index is 10.6. The maximum Gasteiger partial charge on any atom is 0.235 e. The maximum atomic E-state index is 10.6. The number of hydrogen-bond acceptors (Lipinski definition) is 8. The lowest BCUT2D eigenvalue weighted by atomic mass is 9.67. The topological polar surface area (TPSA) is 121 Å². The number of oxime groups is 1. The van der Waals surface area contributed by atoms with Gasteiger partial charge in [-0.05, 0) is 25.2 Å². The molecule has 0 saturated heterocycles. The molecule has 8 heteroatoms. The highest BCUT2D eigenvalue weighted by atomic mass is 16.4. The van der Waals surface area contributed by atoms with Gasteiger partial charge < -0.3 is 5.21 Å². The zero-order valence-electron chi connectivity index (χ0n) is 10.7. The van der Waals surface area contributed by atoms with Gasteiger partial charge in [-0.3, -0.25) is 0 Å². The van der Waals surface area contributed by atoms with Crippen LogP contribution in [0.3, 0.4) is 0 Å². The highest BCUT2D eigenvalue weighted by molar-refractivity contribution is 5.68. The molecule has 0 aromatic heterocycles. The molecule has 0 aromatic rings. The Labute approximate surface area is 115 Å². The van der Waals surface area contributed by atoms with Crippen molar-refractivity contribution in [1.29, 1.82) is 0 Å². The summed E-state index contributed by atoms with van der Waals surface area (Å²) in [6.45, 7) is 0.331. The summed E-state index contributed by atoms with van der Waals surface area (Å²) in [7, 11) is 0. The fourth-order valence-electron chi connectivity index (χ4n) is 2.56. The minimum Gasteiger partial charge on any atom is -0.411 e. The number of hydrogen-bond donors (Lipinski definition) is 1. The summed E-state index contributed by atoms with van der Waals surface area (Å²) in [6, 6.07) is -0.534. The summed E-state index contributed by atoms with van der Waals surface area (Å²) in [5.41, 5.74) is -0.815. The predicted octanol–water partition coefficient (Wildman–Crippen LogP) is 0.609. The first kappa shape index (κ1) is 15.7. The van der Waals surface area contributed by atoms with E-state index in [1.165, 1.54) is 24.5 Å². The van der Waals surface area contributed by atoms with Gasteiger partial charge >= 0.3 is 0 Å². The van der Waals surface area contributed by atoms with Gasteiger partial charge in [0.2, 0.25) is 18.2 Å². The van der Waals surface area contributed by atoms with Crippen molar-refractivity contribution in [1.82, 2.24) is 0 Å². The molecule has 0 aliphatic heterocycles. The zero-order chi connectivity index (χ0) is 14.8. The van der Waals surface area contributed by atoms with Gasteiger partial charge in [0.15, 0.2) is 0 Å². The van der Waals surface area contributed by atoms with Crippen LogP contribution < -0.4 is 0 Å². The standard InChI is InChI=1S/C12H14N4O4/c17-7-13-4-10-1-2-12(6-16-20,5-14-8-18)11(3-10)15-9-19/h6,10-11,20H,1-5H2. The van der Waals surface area contributed by atoms with Crippen LogP contribution in [0.5, 0.6) is 0 Å². The summed E-state index contributed by atoms with van der Waals surface area (Å²) in [5.74, 6) is 0.0685. The lowest BCUT2D eigenvalue weighted by Gasteiger charge is -2.39. The molecular weight excluding hydrogens is 264 g/mol. The monoisotopic (exact) mass is 278 g/mol. The number of carbonyl (C=O) groups excluding carboxylic acids is 3. The summed E-state index contributed by atoms with van der Waals surface area (Å²) in [6.07, 6.45) is 7.27. The molecule has 1 aliphatic carbocycles. The van der Waals surface area contributed by atoms with Crippen molar-refractivity contribution < 1.29 is 19.6 Å². The minimum absolute atomic E-state index is 0.0279. The Morgan fingerprint density at radius 3 is 2.55 bits per heavy atom. The van der Waals surface area contributed by atoms with E-state index in [1.807, 2.05) is 0 Å². The molecule has 1 fully saturated rings. The molecular formula is C12H14N4O4. The van der Waals surface area contributed by atoms with Gasteiger partial charge in [0.25, 0.3) is 0 Å². The molecule has 0 spiro atoms. The van der Waals surface area contributed by atoms with Crippen LogP contribution in [0.4, 0.5) is 0 Å². The minimum atomic E-state index is -0.815. The summed E-state index contributed by atoms with van der Waals surface area (Å²) in [5, 5.41) is 11.8. The number of isocyanates is 3. The molecule has 3 unspecified atom stereocenters. The van der Waals surface area contributed by atoms with E-state index in [1.54, 1.807) is 0 Å². The molecule has 20 heavy (non-hydrogen) atoms. The molecule has 0 aromatic carbocycles. The summed E-state index contributed by atoms with van der Waals surface area (Å²) in [4.78, 5) is 41.8. The molecule has 3 atom stereocenters. The van der Waals surface area contributed by atoms with E-state index in [0.717, 1.165) is 0 Å². The van der Waals surface area contributed by atoms with Gasteiger partial charge in [0.1, 0.15) is 0 Å². The number of nitrogens with zero attached hydrogens (tertiary/aromatic N) is 4. The Hall–Kier alpha value is -2.39. The fourth-order valence-corrected chi connectivity index (χ4v) is 2.56. The predicted molar refractivity (Wildman–Crippen MR) is 67.9 cm³/mol. The van der Waals surface area contributed by atoms with Crippen LogP contribution in [-0.4, -0.2) is 48.8 Å². The Bertz CT molecular complexity index is 502. The van der Waals surface area contributed by atoms with E-state index in [2.05, 4.69) is 20.1 Å². The Morgan fingerprint density at radius 2 is 1.95 bits per heavy atom. The molecule has 8 nitrogen and oxygen atoms in total. The second-order valence-electron chi connectivity index (χ2n) is 4.69. The molecule has 106 valence electrons. The van der Waals surface area contributed by atoms with E-state index in [0.29, 0.717) is 25.8 Å². The average Bonchev–Trinajstić information content (AvgIpc) is 2.46. The van der Waals surface area contributed by atoms with E-state index in [9.17, 15) is 14.4 Å². The van der Waals surface area contributed by atoms with Crippen LogP contribution in [0.15, 0.2) is 20.1 Å². The first-order chi connectivity index (χ1) is 9.72. The SMILES string of the molecule is O=C=NCC1CCC(C=NO)(CN=C=O)C(N=C=O)C1. The third kappa shape index (κ3) is 3.80. The van der Waals surface area contributed by atoms with Crippen LogP contribution in [0.2, 0.25) is 0 Å². The van der Waals surface area contributed by atoms with Gasteiger partial charge in [-0.25, -0.2) is 29.4 Å². The van der Waals surface area contributed by atoms with E-state index < -0.39 is 11.5 Å². The largest absolute Gasteiger partial charge is 0.411 e. The normalized spacial score (nSPS) is 29.0. The zero-order valence-corrected chi connectivity index (χ0v) is 10.7. The lowest BCUT2D eigenvalue weighted by Crippen LogP contribution is -2.44. The fraction of sp³-hybridized carbons (Fsp3) is 0.667. The highest BCUT2D eigenvalue weighted by Crippen LogP contribution is 2.40. The van der Waals surface area contributed by atoms with Crippen LogP contribution >= 0.6 is 0 Å². The summed E-state index contributed by atoms with van der Waals surface area (Å²) < 4.78 is 0. The van der Waals surface area contributed by atoms with Crippen LogP contribution in [-0.2, 0) is 14.4 Å². The molecule has 1 rings (SSSR count). The Morgan fingerprint density at radius 1 is 1.20 bits per heavy atom. The number of rotatable bonds is 6.